The molecular weight excluding hydrogens is 48.0 g/mol. The number of hydrogen-bond acceptors (Lipinski definition) is 0. The Bertz CT molecular complexity index is 52.6. The zero-order valence-corrected chi connectivity index (χ0v) is 2.78. The average molecular weight is 58.1 g/mol. The molecule has 0 heteroatoms. The zero-order valence-electron chi connectivity index (χ0n) is 4.78. The Hall–Kier alpha value is -0.260. The first-order chi connectivity index (χ1) is 2.77. The minimum atomic E-state index is -0.0856. The Morgan fingerprint density at radius 1 is 2.50 bits per heavy atom. The van der Waals surface area contributed by atoms with Crippen molar-refractivity contribution in [1.82, 2.24) is 0 Å². The fourth-order valence-electron chi connectivity index (χ4n) is 0. The molecule has 0 aromatic heterocycles. The van der Waals surface area contributed by atoms with Gasteiger partial charge in [-0.1, -0.05) is 13.0 Å². The Labute approximate surface area is 30.0 Å². The summed E-state index contributed by atoms with van der Waals surface area (Å²) in [7, 11) is 0. The molecule has 0 unspecified atom stereocenters. The lowest BCUT2D eigenvalue weighted by Gasteiger charge is -1.57. The minimum absolute atomic E-state index is 0.0856. The van der Waals surface area contributed by atoms with Crippen molar-refractivity contribution in [2.45, 2.75) is 13.3 Å². The monoisotopic (exact) mass is 58.1 g/mol. The van der Waals surface area contributed by atoms with Gasteiger partial charge in [0.25, 0.3) is 0 Å². The summed E-state index contributed by atoms with van der Waals surface area (Å²) in [5, 5.41) is 0. The van der Waals surface area contributed by atoms with Crippen LogP contribution >= 0.6 is 0 Å². The van der Waals surface area contributed by atoms with E-state index < -0.39 is 0 Å². The highest BCUT2D eigenvalue weighted by molar-refractivity contribution is 4.60. The largest absolute Gasteiger partial charge is 0.103 e. The van der Waals surface area contributed by atoms with E-state index in [2.05, 4.69) is 0 Å². The summed E-state index contributed by atoms with van der Waals surface area (Å²) in [6.45, 7) is 1.82. The molecule has 0 heterocycles. The first kappa shape index (κ1) is 1.25. The first-order valence-electron chi connectivity index (χ1n) is 2.40. The van der Waals surface area contributed by atoms with Crippen LogP contribution in [0.5, 0.6) is 0 Å². The van der Waals surface area contributed by atoms with Gasteiger partial charge in [0.15, 0.2) is 0 Å². The standard InChI is InChI=1S/C4H8/c1-3-4-2/h3H,1,4H2,2H3/i1D2. The van der Waals surface area contributed by atoms with E-state index in [-0.39, 0.29) is 6.53 Å². The smallest absolute Gasteiger partial charge is 0.0534 e. The molecule has 0 saturated heterocycles. The van der Waals surface area contributed by atoms with Gasteiger partial charge in [-0.3, -0.25) is 0 Å². The van der Waals surface area contributed by atoms with Gasteiger partial charge in [0, 0.05) is 0 Å². The lowest BCUT2D eigenvalue weighted by molar-refractivity contribution is 1.23. The first-order valence-corrected chi connectivity index (χ1v) is 1.40. The summed E-state index contributed by atoms with van der Waals surface area (Å²) in [5.41, 5.74) is 0. The van der Waals surface area contributed by atoms with Crippen molar-refractivity contribution in [2.24, 2.45) is 0 Å². The van der Waals surface area contributed by atoms with Crippen molar-refractivity contribution in [3.8, 4) is 0 Å². The molecule has 24 valence electrons. The molecule has 0 aromatic carbocycles. The number of hydrogen-bond donors (Lipinski definition) is 0. The molecule has 0 aliphatic rings. The molecule has 0 aromatic rings. The summed E-state index contributed by atoms with van der Waals surface area (Å²) in [6, 6.07) is 0. The molecule has 0 nitrogen and oxygen atoms in total. The highest BCUT2D eigenvalue weighted by Gasteiger charge is 1.45. The normalized spacial score (nSPS) is 12.2. The van der Waals surface area contributed by atoms with E-state index in [0.29, 0.717) is 0 Å². The average Bonchev–Trinajstić information content (AvgIpc) is 1.35. The second kappa shape index (κ2) is 2.74. The van der Waals surface area contributed by atoms with Gasteiger partial charge in [-0.15, -0.1) is 6.53 Å². The molecule has 0 fully saturated rings. The Morgan fingerprint density at radius 3 is 3.25 bits per heavy atom. The van der Waals surface area contributed by atoms with E-state index in [9.17, 15) is 0 Å². The van der Waals surface area contributed by atoms with Crippen molar-refractivity contribution in [2.75, 3.05) is 0 Å². The topological polar surface area (TPSA) is 0 Å². The maximum atomic E-state index is 6.51. The fourth-order valence-corrected chi connectivity index (χ4v) is 0. The maximum Gasteiger partial charge on any atom is 0.0534 e. The minimum Gasteiger partial charge on any atom is -0.103 e. The van der Waals surface area contributed by atoms with Crippen LogP contribution in [0.25, 0.3) is 0 Å². The quantitative estimate of drug-likeness (QED) is 0.401. The predicted octanol–water partition coefficient (Wildman–Crippen LogP) is 1.58. The van der Waals surface area contributed by atoms with E-state index in [1.165, 1.54) is 0 Å². The van der Waals surface area contributed by atoms with Crippen molar-refractivity contribution in [3.05, 3.63) is 12.6 Å². The number of allylic oxidation sites excluding steroid dienone is 1. The zero-order chi connectivity index (χ0) is 4.99. The highest BCUT2D eigenvalue weighted by Crippen LogP contribution is 1.66. The van der Waals surface area contributed by atoms with Crippen LogP contribution in [-0.2, 0) is 0 Å². The Morgan fingerprint density at radius 2 is 3.25 bits per heavy atom. The van der Waals surface area contributed by atoms with E-state index in [0.717, 1.165) is 6.42 Å². The van der Waals surface area contributed by atoms with E-state index >= 15 is 0 Å². The Balaban J connectivity index is 3.14. The van der Waals surface area contributed by atoms with Gasteiger partial charge in [0.1, 0.15) is 0 Å². The Kier molecular flexibility index (Phi) is 0.856. The molecule has 0 amide bonds. The van der Waals surface area contributed by atoms with Gasteiger partial charge in [0.05, 0.1) is 2.74 Å². The van der Waals surface area contributed by atoms with Crippen LogP contribution < -0.4 is 0 Å². The van der Waals surface area contributed by atoms with Crippen LogP contribution in [0.15, 0.2) is 12.6 Å². The van der Waals surface area contributed by atoms with Gasteiger partial charge < -0.3 is 0 Å². The third kappa shape index (κ3) is 1.74. The van der Waals surface area contributed by atoms with Gasteiger partial charge in [-0.2, -0.15) is 0 Å². The van der Waals surface area contributed by atoms with Crippen molar-refractivity contribution >= 4 is 0 Å². The predicted molar refractivity (Wildman–Crippen MR) is 20.5 cm³/mol. The van der Waals surface area contributed by atoms with Gasteiger partial charge in [0.2, 0.25) is 0 Å². The highest BCUT2D eigenvalue weighted by atomic mass is 13.5. The van der Waals surface area contributed by atoms with Crippen molar-refractivity contribution in [1.29, 1.82) is 0 Å². The molecule has 0 saturated carbocycles. The fraction of sp³-hybridized carbons (Fsp3) is 0.500. The van der Waals surface area contributed by atoms with Crippen LogP contribution in [0, 0.1) is 0 Å². The SMILES string of the molecule is [2H]C([2H])=CCC. The van der Waals surface area contributed by atoms with Crippen LogP contribution in [0.1, 0.15) is 16.1 Å². The van der Waals surface area contributed by atoms with Crippen LogP contribution in [-0.4, -0.2) is 0 Å². The molecule has 0 N–H and O–H groups in total. The third-order valence-corrected chi connectivity index (χ3v) is 0.204. The van der Waals surface area contributed by atoms with Crippen molar-refractivity contribution in [3.63, 3.8) is 0 Å². The molecule has 0 spiro atoms. The van der Waals surface area contributed by atoms with E-state index in [1.807, 2.05) is 6.92 Å². The summed E-state index contributed by atoms with van der Waals surface area (Å²) >= 11 is 0. The third-order valence-electron chi connectivity index (χ3n) is 0.204. The molecular formula is C4H8. The van der Waals surface area contributed by atoms with Gasteiger partial charge >= 0.3 is 0 Å². The molecule has 0 atom stereocenters. The maximum absolute atomic E-state index is 6.51. The van der Waals surface area contributed by atoms with Crippen molar-refractivity contribution < 1.29 is 2.74 Å². The van der Waals surface area contributed by atoms with E-state index in [4.69, 9.17) is 2.74 Å². The molecule has 0 radical (unpaired) electrons. The van der Waals surface area contributed by atoms with Crippen LogP contribution in [0.3, 0.4) is 0 Å². The van der Waals surface area contributed by atoms with Gasteiger partial charge in [-0.25, -0.2) is 0 Å². The van der Waals surface area contributed by atoms with Gasteiger partial charge in [-0.05, 0) is 6.42 Å². The molecule has 4 heavy (non-hydrogen) atoms. The van der Waals surface area contributed by atoms with E-state index in [1.54, 1.807) is 6.08 Å². The summed E-state index contributed by atoms with van der Waals surface area (Å²) in [6.07, 6.45) is 2.34. The lowest BCUT2D eigenvalue weighted by Crippen LogP contribution is -1.36. The second-order valence-electron chi connectivity index (χ2n) is 0.612. The summed E-state index contributed by atoms with van der Waals surface area (Å²) < 4.78 is 13.0. The number of rotatable bonds is 1. The summed E-state index contributed by atoms with van der Waals surface area (Å²) in [5.74, 6) is 0. The van der Waals surface area contributed by atoms with Crippen LogP contribution in [0.2, 0.25) is 0 Å². The van der Waals surface area contributed by atoms with Crippen LogP contribution in [0.4, 0.5) is 0 Å². The summed E-state index contributed by atoms with van der Waals surface area (Å²) in [4.78, 5) is 0. The second-order valence-corrected chi connectivity index (χ2v) is 0.612. The molecule has 0 bridgehead atoms. The molecule has 0 aliphatic heterocycles. The lowest BCUT2D eigenvalue weighted by atomic mass is 10.5. The molecule has 0 aliphatic carbocycles. The molecule has 0 rings (SSSR count).